The molecule has 15 heteroatoms. The topological polar surface area (TPSA) is 210 Å². The van der Waals surface area contributed by atoms with Gasteiger partial charge in [-0.1, -0.05) is 68.9 Å². The third-order valence-electron chi connectivity index (χ3n) is 11.6. The molecular weight excluding hydrogens is 769 g/mol. The van der Waals surface area contributed by atoms with Gasteiger partial charge in [0.15, 0.2) is 0 Å². The van der Waals surface area contributed by atoms with Crippen LogP contribution in [-0.4, -0.2) is 83.5 Å². The fourth-order valence-electron chi connectivity index (χ4n) is 8.65. The van der Waals surface area contributed by atoms with E-state index >= 15 is 0 Å². The zero-order valence-electron chi connectivity index (χ0n) is 36.6. The first kappa shape index (κ1) is 48.0. The molecule has 0 radical (unpaired) electrons. The molecule has 3 fully saturated rings. The van der Waals surface area contributed by atoms with E-state index < -0.39 is 53.5 Å². The Balaban J connectivity index is 1.20. The monoisotopic (exact) mass is 839 g/mol. The van der Waals surface area contributed by atoms with Crippen LogP contribution in [0.4, 0.5) is 4.79 Å². The predicted octanol–water partition coefficient (Wildman–Crippen LogP) is 4.85. The first-order valence-corrected chi connectivity index (χ1v) is 22.2. The van der Waals surface area contributed by atoms with Crippen molar-refractivity contribution in [3.63, 3.8) is 0 Å². The van der Waals surface area contributed by atoms with Crippen molar-refractivity contribution >= 4 is 41.6 Å². The van der Waals surface area contributed by atoms with Crippen molar-refractivity contribution in [2.75, 3.05) is 0 Å². The second-order valence-corrected chi connectivity index (χ2v) is 18.3. The maximum absolute atomic E-state index is 13.6. The number of nitrogens with one attached hydrogen (secondary N) is 6. The van der Waals surface area contributed by atoms with Gasteiger partial charge in [-0.3, -0.25) is 28.8 Å². The second kappa shape index (κ2) is 23.3. The molecule has 0 spiro atoms. The molecule has 0 heterocycles. The fourth-order valence-corrected chi connectivity index (χ4v) is 8.65. The number of carbonyl (C=O) groups excluding carboxylic acids is 7. The number of esters is 1. The van der Waals surface area contributed by atoms with Gasteiger partial charge < -0.3 is 41.4 Å². The second-order valence-electron chi connectivity index (χ2n) is 18.3. The first-order valence-electron chi connectivity index (χ1n) is 22.2. The summed E-state index contributed by atoms with van der Waals surface area (Å²) in [6, 6.07) is 6.87. The molecule has 0 saturated heterocycles. The van der Waals surface area contributed by atoms with Crippen molar-refractivity contribution < 1.29 is 43.0 Å². The summed E-state index contributed by atoms with van der Waals surface area (Å²) in [5.41, 5.74) is 0.226. The molecule has 3 aliphatic rings. The number of carbonyl (C=O) groups is 7. The van der Waals surface area contributed by atoms with Gasteiger partial charge >= 0.3 is 12.1 Å². The third kappa shape index (κ3) is 16.4. The highest BCUT2D eigenvalue weighted by molar-refractivity contribution is 5.85. The molecule has 334 valence electrons. The van der Waals surface area contributed by atoms with E-state index in [-0.39, 0.29) is 73.5 Å². The van der Waals surface area contributed by atoms with Crippen LogP contribution in [0.2, 0.25) is 0 Å². The molecule has 3 saturated carbocycles. The van der Waals surface area contributed by atoms with Crippen LogP contribution in [0.3, 0.4) is 0 Å². The van der Waals surface area contributed by atoms with Crippen LogP contribution in [0, 0.1) is 17.8 Å². The van der Waals surface area contributed by atoms with Crippen LogP contribution in [0.15, 0.2) is 30.3 Å². The summed E-state index contributed by atoms with van der Waals surface area (Å²) in [6.45, 7) is 10.8. The number of ether oxygens (including phenoxy) is 2. The number of hydrogen-bond acceptors (Lipinski definition) is 9. The van der Waals surface area contributed by atoms with E-state index in [1.54, 1.807) is 41.5 Å². The van der Waals surface area contributed by atoms with Crippen molar-refractivity contribution in [3.05, 3.63) is 35.9 Å². The Bertz CT molecular complexity index is 1620. The van der Waals surface area contributed by atoms with Crippen molar-refractivity contribution in [1.29, 1.82) is 0 Å². The molecular formula is C45H70N6O9. The SMILES string of the molecule is C[C@@H](CC(=O)N[C@H]1CCCC[C@H]1C(=O)N[C@@H](C)CC(=O)OCc1ccccc1)NC(=O)[C@@H]1CCCC[C@@H]1NC(=O)C[C@H](C)NC(=O)[C@@H]1CCCC[C@@H]1NC(=O)OC(C)(C)C. The average molecular weight is 839 g/mol. The molecule has 0 aromatic heterocycles. The lowest BCUT2D eigenvalue weighted by Crippen LogP contribution is -2.53. The Kier molecular flexibility index (Phi) is 18.7. The van der Waals surface area contributed by atoms with Crippen LogP contribution in [0.25, 0.3) is 0 Å². The van der Waals surface area contributed by atoms with E-state index in [0.29, 0.717) is 38.5 Å². The summed E-state index contributed by atoms with van der Waals surface area (Å²) >= 11 is 0. The lowest BCUT2D eigenvalue weighted by atomic mass is 9.83. The standard InChI is InChI=1S/C45H70N6O9/c1-28(24-38(52)50-36-22-14-11-19-33(36)42(56)48-30(3)26-40(54)59-27-31-16-8-7-9-17-31)46-41(55)32-18-10-13-21-35(32)49-39(53)25-29(2)47-43(57)34-20-12-15-23-37(34)51-44(58)60-45(4,5)6/h7-9,16-17,28-30,32-37H,10-15,18-27H2,1-6H3,(H,46,55)(H,47,57)(H,48,56)(H,49,53)(H,50,52)(H,51,58)/t28-,29-,30-,32+,33+,34+,35-,36-,37-/m0/s1. The van der Waals surface area contributed by atoms with Crippen LogP contribution in [0.1, 0.15) is 143 Å². The van der Waals surface area contributed by atoms with Crippen LogP contribution in [-0.2, 0) is 44.8 Å². The highest BCUT2D eigenvalue weighted by Gasteiger charge is 2.37. The Labute approximate surface area is 355 Å². The molecule has 3 aliphatic carbocycles. The Morgan fingerprint density at radius 2 is 0.950 bits per heavy atom. The number of amides is 6. The van der Waals surface area contributed by atoms with Crippen molar-refractivity contribution in [3.8, 4) is 0 Å². The summed E-state index contributed by atoms with van der Waals surface area (Å²) in [5, 5.41) is 17.8. The lowest BCUT2D eigenvalue weighted by molar-refractivity contribution is -0.145. The van der Waals surface area contributed by atoms with Gasteiger partial charge in [0, 0.05) is 49.1 Å². The van der Waals surface area contributed by atoms with Crippen LogP contribution < -0.4 is 31.9 Å². The molecule has 1 aromatic carbocycles. The largest absolute Gasteiger partial charge is 0.461 e. The first-order chi connectivity index (χ1) is 28.5. The summed E-state index contributed by atoms with van der Waals surface area (Å²) in [7, 11) is 0. The summed E-state index contributed by atoms with van der Waals surface area (Å²) in [6.07, 6.45) is 8.50. The lowest BCUT2D eigenvalue weighted by Gasteiger charge is -2.33. The van der Waals surface area contributed by atoms with Crippen molar-refractivity contribution in [2.45, 2.75) is 186 Å². The smallest absolute Gasteiger partial charge is 0.407 e. The number of hydrogen-bond donors (Lipinski definition) is 6. The van der Waals surface area contributed by atoms with Crippen molar-refractivity contribution in [1.82, 2.24) is 31.9 Å². The molecule has 6 amide bonds. The van der Waals surface area contributed by atoms with Gasteiger partial charge in [0.25, 0.3) is 0 Å². The van der Waals surface area contributed by atoms with Crippen LogP contribution >= 0.6 is 0 Å². The summed E-state index contributed by atoms with van der Waals surface area (Å²) < 4.78 is 10.8. The highest BCUT2D eigenvalue weighted by Crippen LogP contribution is 2.28. The third-order valence-corrected chi connectivity index (χ3v) is 11.6. The fraction of sp³-hybridized carbons (Fsp3) is 0.711. The van der Waals surface area contributed by atoms with Gasteiger partial charge in [0.1, 0.15) is 12.2 Å². The minimum Gasteiger partial charge on any atom is -0.461 e. The number of rotatable bonds is 17. The minimum atomic E-state index is -0.655. The zero-order chi connectivity index (χ0) is 43.8. The van der Waals surface area contributed by atoms with E-state index in [9.17, 15) is 33.6 Å². The van der Waals surface area contributed by atoms with Gasteiger partial charge in [-0.15, -0.1) is 0 Å². The Morgan fingerprint density at radius 3 is 1.37 bits per heavy atom. The molecule has 0 bridgehead atoms. The highest BCUT2D eigenvalue weighted by atomic mass is 16.6. The molecule has 0 unspecified atom stereocenters. The number of benzene rings is 1. The van der Waals surface area contributed by atoms with Gasteiger partial charge in [-0.05, 0) is 85.6 Å². The average Bonchev–Trinajstić information content (AvgIpc) is 3.17. The molecule has 1 aromatic rings. The van der Waals surface area contributed by atoms with Crippen LogP contribution in [0.5, 0.6) is 0 Å². The van der Waals surface area contributed by atoms with Crippen molar-refractivity contribution in [2.24, 2.45) is 17.8 Å². The van der Waals surface area contributed by atoms with E-state index in [1.165, 1.54) is 0 Å². The summed E-state index contributed by atoms with van der Waals surface area (Å²) in [4.78, 5) is 91.5. The van der Waals surface area contributed by atoms with E-state index in [1.807, 2.05) is 30.3 Å². The van der Waals surface area contributed by atoms with E-state index in [0.717, 1.165) is 44.1 Å². The van der Waals surface area contributed by atoms with Gasteiger partial charge in [0.05, 0.1) is 24.2 Å². The molecule has 6 N–H and O–H groups in total. The maximum atomic E-state index is 13.6. The van der Waals surface area contributed by atoms with E-state index in [4.69, 9.17) is 9.47 Å². The Morgan fingerprint density at radius 1 is 0.567 bits per heavy atom. The Hall–Kier alpha value is -4.69. The molecule has 15 nitrogen and oxygen atoms in total. The minimum absolute atomic E-state index is 0.0241. The van der Waals surface area contributed by atoms with Gasteiger partial charge in [-0.2, -0.15) is 0 Å². The molecule has 4 rings (SSSR count). The predicted molar refractivity (Wildman–Crippen MR) is 226 cm³/mol. The zero-order valence-corrected chi connectivity index (χ0v) is 36.6. The van der Waals surface area contributed by atoms with Gasteiger partial charge in [0.2, 0.25) is 29.5 Å². The maximum Gasteiger partial charge on any atom is 0.407 e. The van der Waals surface area contributed by atoms with Gasteiger partial charge in [-0.25, -0.2) is 4.79 Å². The number of alkyl carbamates (subject to hydrolysis) is 1. The normalized spacial score (nSPS) is 24.6. The molecule has 60 heavy (non-hydrogen) atoms. The quantitative estimate of drug-likeness (QED) is 0.118. The summed E-state index contributed by atoms with van der Waals surface area (Å²) in [5.74, 6) is -2.94. The van der Waals surface area contributed by atoms with E-state index in [2.05, 4.69) is 31.9 Å². The molecule has 0 aliphatic heterocycles. The molecule has 9 atom stereocenters.